The number of carboxylic acid groups (broad SMARTS) is 1. The Balaban J connectivity index is 2.12. The summed E-state index contributed by atoms with van der Waals surface area (Å²) in [4.78, 5) is 11.1. The number of carboxylic acids is 1. The van der Waals surface area contributed by atoms with Crippen molar-refractivity contribution in [3.8, 4) is 0 Å². The topological polar surface area (TPSA) is 49.3 Å². The van der Waals surface area contributed by atoms with E-state index in [1.165, 1.54) is 17.7 Å². The molecule has 2 rings (SSSR count). The lowest BCUT2D eigenvalue weighted by Crippen LogP contribution is -2.19. The van der Waals surface area contributed by atoms with Crippen LogP contribution in [0.5, 0.6) is 0 Å². The van der Waals surface area contributed by atoms with Crippen molar-refractivity contribution in [2.75, 3.05) is 5.32 Å². The molecule has 0 saturated heterocycles. The minimum absolute atomic E-state index is 0.0443. The van der Waals surface area contributed by atoms with Crippen molar-refractivity contribution in [2.45, 2.75) is 19.4 Å². The molecule has 0 fully saturated rings. The number of hydrogen-bond donors (Lipinski definition) is 2. The van der Waals surface area contributed by atoms with E-state index in [1.54, 1.807) is 11.3 Å². The molecule has 1 atom stereocenters. The number of thiophene rings is 1. The fraction of sp³-hybridized carbons (Fsp3) is 0.214. The van der Waals surface area contributed by atoms with E-state index >= 15 is 0 Å². The molecule has 0 saturated carbocycles. The number of benzene rings is 1. The van der Waals surface area contributed by atoms with Crippen LogP contribution in [0.15, 0.2) is 35.0 Å². The Morgan fingerprint density at radius 1 is 1.47 bits per heavy atom. The number of carbonyl (C=O) groups is 1. The molecule has 1 aromatic heterocycles. The fourth-order valence-corrected chi connectivity index (χ4v) is 2.58. The highest BCUT2D eigenvalue weighted by molar-refractivity contribution is 7.07. The number of halogens is 1. The van der Waals surface area contributed by atoms with Crippen LogP contribution in [0.25, 0.3) is 0 Å². The number of rotatable bonds is 5. The summed E-state index contributed by atoms with van der Waals surface area (Å²) in [6.07, 6.45) is 0.792. The van der Waals surface area contributed by atoms with Gasteiger partial charge in [-0.25, -0.2) is 9.18 Å². The predicted octanol–water partition coefficient (Wildman–Crippen LogP) is 3.63. The van der Waals surface area contributed by atoms with Crippen LogP contribution in [-0.2, 0) is 6.42 Å². The molecule has 0 bridgehead atoms. The molecule has 0 amide bonds. The van der Waals surface area contributed by atoms with Crippen LogP contribution < -0.4 is 5.32 Å². The van der Waals surface area contributed by atoms with Crippen LogP contribution >= 0.6 is 11.3 Å². The van der Waals surface area contributed by atoms with Crippen molar-refractivity contribution in [2.24, 2.45) is 0 Å². The third kappa shape index (κ3) is 3.54. The molecule has 0 aliphatic heterocycles. The second kappa shape index (κ2) is 5.84. The first-order valence-corrected chi connectivity index (χ1v) is 6.81. The third-order valence-corrected chi connectivity index (χ3v) is 3.47. The van der Waals surface area contributed by atoms with Crippen molar-refractivity contribution in [3.63, 3.8) is 0 Å². The minimum atomic E-state index is -1.13. The van der Waals surface area contributed by atoms with Gasteiger partial charge < -0.3 is 10.4 Å². The molecule has 0 aliphatic rings. The first kappa shape index (κ1) is 13.5. The first-order valence-electron chi connectivity index (χ1n) is 5.86. The monoisotopic (exact) mass is 279 g/mol. The third-order valence-electron chi connectivity index (χ3n) is 2.74. The lowest BCUT2D eigenvalue weighted by atomic mass is 10.1. The van der Waals surface area contributed by atoms with Gasteiger partial charge in [0.05, 0.1) is 5.56 Å². The number of anilines is 1. The van der Waals surface area contributed by atoms with E-state index in [4.69, 9.17) is 5.11 Å². The van der Waals surface area contributed by atoms with Crippen LogP contribution in [0, 0.1) is 5.82 Å². The normalized spacial score (nSPS) is 12.1. The second-order valence-corrected chi connectivity index (χ2v) is 5.16. The van der Waals surface area contributed by atoms with Crippen LogP contribution in [-0.4, -0.2) is 17.1 Å². The van der Waals surface area contributed by atoms with Gasteiger partial charge in [-0.1, -0.05) is 0 Å². The Bertz CT molecular complexity index is 569. The zero-order valence-corrected chi connectivity index (χ0v) is 11.2. The van der Waals surface area contributed by atoms with Crippen LogP contribution in [0.1, 0.15) is 22.8 Å². The molecular weight excluding hydrogens is 265 g/mol. The molecule has 2 aromatic rings. The van der Waals surface area contributed by atoms with Gasteiger partial charge in [0.1, 0.15) is 5.82 Å². The molecule has 1 unspecified atom stereocenters. The Morgan fingerprint density at radius 2 is 2.26 bits per heavy atom. The molecule has 1 heterocycles. The zero-order valence-electron chi connectivity index (χ0n) is 10.4. The van der Waals surface area contributed by atoms with E-state index in [0.717, 1.165) is 12.5 Å². The van der Waals surface area contributed by atoms with Gasteiger partial charge >= 0.3 is 5.97 Å². The Morgan fingerprint density at radius 3 is 2.89 bits per heavy atom. The van der Waals surface area contributed by atoms with Gasteiger partial charge in [-0.3, -0.25) is 0 Å². The largest absolute Gasteiger partial charge is 0.478 e. The molecule has 1 aromatic carbocycles. The molecule has 5 heteroatoms. The molecule has 0 radical (unpaired) electrons. The maximum absolute atomic E-state index is 13.1. The lowest BCUT2D eigenvalue weighted by Gasteiger charge is -2.16. The maximum atomic E-state index is 13.1. The van der Waals surface area contributed by atoms with Gasteiger partial charge in [0, 0.05) is 11.7 Å². The maximum Gasteiger partial charge on any atom is 0.337 e. The summed E-state index contributed by atoms with van der Waals surface area (Å²) in [5.74, 6) is -1.68. The fourth-order valence-electron chi connectivity index (χ4n) is 1.90. The molecule has 2 N–H and O–H groups in total. The van der Waals surface area contributed by atoms with Crippen molar-refractivity contribution in [1.29, 1.82) is 0 Å². The highest BCUT2D eigenvalue weighted by Crippen LogP contribution is 2.19. The van der Waals surface area contributed by atoms with E-state index in [0.29, 0.717) is 5.69 Å². The quantitative estimate of drug-likeness (QED) is 0.878. The molecule has 100 valence electrons. The highest BCUT2D eigenvalue weighted by Gasteiger charge is 2.13. The summed E-state index contributed by atoms with van der Waals surface area (Å²) in [7, 11) is 0. The highest BCUT2D eigenvalue weighted by atomic mass is 32.1. The van der Waals surface area contributed by atoms with Gasteiger partial charge in [-0.15, -0.1) is 0 Å². The van der Waals surface area contributed by atoms with Gasteiger partial charge in [0.2, 0.25) is 0 Å². The summed E-state index contributed by atoms with van der Waals surface area (Å²) >= 11 is 1.63. The molecule has 0 aliphatic carbocycles. The Kier molecular flexibility index (Phi) is 4.16. The standard InChI is InChI=1S/C14H14FNO2S/c1-9(6-10-4-5-19-8-10)16-13-3-2-11(15)7-12(13)14(17)18/h2-5,7-9,16H,6H2,1H3,(H,17,18). The van der Waals surface area contributed by atoms with E-state index in [-0.39, 0.29) is 11.6 Å². The molecule has 3 nitrogen and oxygen atoms in total. The van der Waals surface area contributed by atoms with Crippen LogP contribution in [0.4, 0.5) is 10.1 Å². The van der Waals surface area contributed by atoms with E-state index in [1.807, 2.05) is 18.4 Å². The van der Waals surface area contributed by atoms with Crippen molar-refractivity contribution in [1.82, 2.24) is 0 Å². The molecular formula is C14H14FNO2S. The predicted molar refractivity (Wildman–Crippen MR) is 74.5 cm³/mol. The molecule has 19 heavy (non-hydrogen) atoms. The lowest BCUT2D eigenvalue weighted by molar-refractivity contribution is 0.0697. The van der Waals surface area contributed by atoms with Crippen LogP contribution in [0.3, 0.4) is 0 Å². The van der Waals surface area contributed by atoms with Crippen molar-refractivity contribution >= 4 is 23.0 Å². The number of aromatic carboxylic acids is 1. The van der Waals surface area contributed by atoms with Gasteiger partial charge in [-0.2, -0.15) is 11.3 Å². The Labute approximate surface area is 114 Å². The summed E-state index contributed by atoms with van der Waals surface area (Å²) in [6.45, 7) is 1.96. The minimum Gasteiger partial charge on any atom is -0.478 e. The van der Waals surface area contributed by atoms with Crippen molar-refractivity contribution < 1.29 is 14.3 Å². The average Bonchev–Trinajstić information content (AvgIpc) is 2.83. The summed E-state index contributed by atoms with van der Waals surface area (Å²) < 4.78 is 13.1. The first-order chi connectivity index (χ1) is 9.06. The number of nitrogens with one attached hydrogen (secondary N) is 1. The summed E-state index contributed by atoms with van der Waals surface area (Å²) in [5, 5.41) is 16.2. The zero-order chi connectivity index (χ0) is 13.8. The average molecular weight is 279 g/mol. The van der Waals surface area contributed by atoms with Gasteiger partial charge in [0.25, 0.3) is 0 Å². The summed E-state index contributed by atoms with van der Waals surface area (Å²) in [6, 6.07) is 5.85. The van der Waals surface area contributed by atoms with Gasteiger partial charge in [-0.05, 0) is 53.9 Å². The van der Waals surface area contributed by atoms with Gasteiger partial charge in [0.15, 0.2) is 0 Å². The van der Waals surface area contributed by atoms with Crippen LogP contribution in [0.2, 0.25) is 0 Å². The smallest absolute Gasteiger partial charge is 0.337 e. The SMILES string of the molecule is CC(Cc1ccsc1)Nc1ccc(F)cc1C(=O)O. The Hall–Kier alpha value is -1.88. The molecule has 0 spiro atoms. The van der Waals surface area contributed by atoms with E-state index in [9.17, 15) is 9.18 Å². The second-order valence-electron chi connectivity index (χ2n) is 4.38. The van der Waals surface area contributed by atoms with E-state index in [2.05, 4.69) is 10.7 Å². The van der Waals surface area contributed by atoms with Crippen molar-refractivity contribution in [3.05, 3.63) is 52.0 Å². The summed E-state index contributed by atoms with van der Waals surface area (Å²) in [5.41, 5.74) is 1.60. The number of hydrogen-bond acceptors (Lipinski definition) is 3. The van der Waals surface area contributed by atoms with E-state index < -0.39 is 11.8 Å².